The van der Waals surface area contributed by atoms with Crippen LogP contribution >= 0.6 is 15.9 Å². The molecule has 2 heterocycles. The van der Waals surface area contributed by atoms with Crippen LogP contribution in [0.2, 0.25) is 0 Å². The van der Waals surface area contributed by atoms with Crippen LogP contribution in [0, 0.1) is 0 Å². The molecular formula is C10H9BrF2N4O. The van der Waals surface area contributed by atoms with Crippen molar-refractivity contribution in [2.45, 2.75) is 12.8 Å². The number of hydrogen-bond acceptors (Lipinski definition) is 4. The minimum Gasteiger partial charge on any atom is -0.471 e. The van der Waals surface area contributed by atoms with Crippen molar-refractivity contribution in [2.75, 3.05) is 6.61 Å². The van der Waals surface area contributed by atoms with Crippen LogP contribution in [0.15, 0.2) is 29.4 Å². The summed E-state index contributed by atoms with van der Waals surface area (Å²) in [7, 11) is 0. The summed E-state index contributed by atoms with van der Waals surface area (Å²) < 4.78 is 31.9. The van der Waals surface area contributed by atoms with E-state index in [1.54, 1.807) is 6.07 Å². The Morgan fingerprint density at radius 2 is 2.17 bits per heavy atom. The first-order valence-electron chi connectivity index (χ1n) is 4.98. The Morgan fingerprint density at radius 1 is 1.39 bits per heavy atom. The quantitative estimate of drug-likeness (QED) is 0.869. The maximum atomic E-state index is 12.6. The maximum Gasteiger partial charge on any atom is 0.278 e. The van der Waals surface area contributed by atoms with E-state index >= 15 is 0 Å². The summed E-state index contributed by atoms with van der Waals surface area (Å²) >= 11 is 3.12. The Balaban J connectivity index is 2.06. The fourth-order valence-corrected chi connectivity index (χ4v) is 1.42. The van der Waals surface area contributed by atoms with E-state index in [0.29, 0.717) is 10.4 Å². The normalized spacial score (nSPS) is 11.6. The van der Waals surface area contributed by atoms with E-state index in [4.69, 9.17) is 4.74 Å². The lowest BCUT2D eigenvalue weighted by molar-refractivity contribution is -0.0242. The van der Waals surface area contributed by atoms with Gasteiger partial charge in [-0.25, -0.2) is 23.4 Å². The smallest absolute Gasteiger partial charge is 0.278 e. The lowest BCUT2D eigenvalue weighted by Crippen LogP contribution is -2.21. The predicted octanol–water partition coefficient (Wildman–Crippen LogP) is 2.46. The number of pyridine rings is 1. The van der Waals surface area contributed by atoms with Gasteiger partial charge in [0.1, 0.15) is 6.33 Å². The Kier molecular flexibility index (Phi) is 3.55. The molecule has 2 rings (SSSR count). The molecule has 0 aliphatic carbocycles. The van der Waals surface area contributed by atoms with E-state index in [0.717, 1.165) is 6.92 Å². The molecule has 2 aromatic heterocycles. The average molecular weight is 319 g/mol. The summed E-state index contributed by atoms with van der Waals surface area (Å²) in [5.74, 6) is -2.74. The molecule has 0 aromatic carbocycles. The van der Waals surface area contributed by atoms with Crippen LogP contribution in [0.4, 0.5) is 8.78 Å². The molecule has 0 spiro atoms. The molecule has 0 unspecified atom stereocenters. The molecule has 0 radical (unpaired) electrons. The van der Waals surface area contributed by atoms with Crippen LogP contribution in [-0.2, 0) is 0 Å². The van der Waals surface area contributed by atoms with Gasteiger partial charge >= 0.3 is 0 Å². The number of alkyl halides is 2. The van der Waals surface area contributed by atoms with Crippen molar-refractivity contribution in [3.05, 3.63) is 29.4 Å². The van der Waals surface area contributed by atoms with Crippen molar-refractivity contribution in [3.8, 4) is 11.6 Å². The van der Waals surface area contributed by atoms with Crippen LogP contribution < -0.4 is 4.74 Å². The molecule has 0 fully saturated rings. The monoisotopic (exact) mass is 318 g/mol. The molecule has 0 saturated heterocycles. The summed E-state index contributed by atoms with van der Waals surface area (Å²) in [4.78, 5) is 7.80. The first-order valence-corrected chi connectivity index (χ1v) is 5.77. The van der Waals surface area contributed by atoms with Gasteiger partial charge in [0.15, 0.2) is 6.61 Å². The Morgan fingerprint density at radius 3 is 2.67 bits per heavy atom. The molecule has 5 nitrogen and oxygen atoms in total. The molecular weight excluding hydrogens is 310 g/mol. The summed E-state index contributed by atoms with van der Waals surface area (Å²) in [6.07, 6.45) is 2.96. The van der Waals surface area contributed by atoms with E-state index < -0.39 is 12.5 Å². The highest BCUT2D eigenvalue weighted by molar-refractivity contribution is 9.10. The molecule has 0 aliphatic heterocycles. The molecule has 0 bridgehead atoms. The third-order valence-corrected chi connectivity index (χ3v) is 2.29. The topological polar surface area (TPSA) is 52.8 Å². The highest BCUT2D eigenvalue weighted by Crippen LogP contribution is 2.16. The first kappa shape index (κ1) is 12.9. The number of nitrogens with zero attached hydrogens (tertiary/aromatic N) is 4. The molecule has 2 aromatic rings. The standard InChI is InChI=1S/C10H9BrF2N4O/c1-10(12,13)5-18-8-3-2-7(4-14-8)17-6-15-9(11)16-17/h2-4,6H,5H2,1H3. The fourth-order valence-electron chi connectivity index (χ4n) is 1.16. The lowest BCUT2D eigenvalue weighted by Gasteiger charge is -2.11. The Hall–Kier alpha value is -1.57. The summed E-state index contributed by atoms with van der Waals surface area (Å²) in [5, 5.41) is 4.02. The minimum absolute atomic E-state index is 0.138. The average Bonchev–Trinajstić information content (AvgIpc) is 2.73. The van der Waals surface area contributed by atoms with Crippen molar-refractivity contribution in [3.63, 3.8) is 0 Å². The zero-order valence-corrected chi connectivity index (χ0v) is 10.9. The molecule has 8 heteroatoms. The second-order valence-electron chi connectivity index (χ2n) is 3.67. The van der Waals surface area contributed by atoms with Crippen LogP contribution in [0.5, 0.6) is 5.88 Å². The molecule has 96 valence electrons. The highest BCUT2D eigenvalue weighted by atomic mass is 79.9. The zero-order valence-electron chi connectivity index (χ0n) is 9.35. The highest BCUT2D eigenvalue weighted by Gasteiger charge is 2.22. The van der Waals surface area contributed by atoms with Gasteiger partial charge in [0.05, 0.1) is 11.9 Å². The molecule has 0 amide bonds. The minimum atomic E-state index is -2.88. The van der Waals surface area contributed by atoms with Crippen LogP contribution in [0.25, 0.3) is 5.69 Å². The van der Waals surface area contributed by atoms with Crippen molar-refractivity contribution in [2.24, 2.45) is 0 Å². The fraction of sp³-hybridized carbons (Fsp3) is 0.300. The van der Waals surface area contributed by atoms with Gasteiger partial charge in [-0.05, 0) is 22.0 Å². The van der Waals surface area contributed by atoms with Gasteiger partial charge in [0, 0.05) is 13.0 Å². The van der Waals surface area contributed by atoms with E-state index in [-0.39, 0.29) is 5.88 Å². The van der Waals surface area contributed by atoms with Crippen molar-refractivity contribution < 1.29 is 13.5 Å². The van der Waals surface area contributed by atoms with Gasteiger partial charge in [-0.15, -0.1) is 5.10 Å². The van der Waals surface area contributed by atoms with Crippen molar-refractivity contribution in [1.82, 2.24) is 19.7 Å². The molecule has 0 N–H and O–H groups in total. The predicted molar refractivity (Wildman–Crippen MR) is 63.0 cm³/mol. The second kappa shape index (κ2) is 4.97. The lowest BCUT2D eigenvalue weighted by atomic mass is 10.4. The van der Waals surface area contributed by atoms with E-state index in [2.05, 4.69) is 31.0 Å². The maximum absolute atomic E-state index is 12.6. The molecule has 0 saturated carbocycles. The third kappa shape index (κ3) is 3.46. The molecule has 0 atom stereocenters. The number of aromatic nitrogens is 4. The van der Waals surface area contributed by atoms with E-state index in [1.165, 1.54) is 23.3 Å². The summed E-state index contributed by atoms with van der Waals surface area (Å²) in [6.45, 7) is 0.0858. The molecule has 18 heavy (non-hydrogen) atoms. The number of halogens is 3. The first-order chi connectivity index (χ1) is 8.44. The summed E-state index contributed by atoms with van der Waals surface area (Å²) in [5.41, 5.74) is 0.656. The number of ether oxygens (including phenoxy) is 1. The van der Waals surface area contributed by atoms with Crippen LogP contribution in [-0.4, -0.2) is 32.3 Å². The van der Waals surface area contributed by atoms with Gasteiger partial charge in [0.2, 0.25) is 10.6 Å². The van der Waals surface area contributed by atoms with Gasteiger partial charge in [-0.3, -0.25) is 0 Å². The summed E-state index contributed by atoms with van der Waals surface area (Å²) in [6, 6.07) is 3.15. The van der Waals surface area contributed by atoms with Gasteiger partial charge in [-0.2, -0.15) is 0 Å². The second-order valence-corrected chi connectivity index (χ2v) is 4.38. The van der Waals surface area contributed by atoms with Crippen LogP contribution in [0.3, 0.4) is 0 Å². The van der Waals surface area contributed by atoms with Crippen molar-refractivity contribution in [1.29, 1.82) is 0 Å². The Labute approximate surface area is 110 Å². The van der Waals surface area contributed by atoms with Crippen molar-refractivity contribution >= 4 is 15.9 Å². The zero-order chi connectivity index (χ0) is 13.2. The SMILES string of the molecule is CC(F)(F)COc1ccc(-n2cnc(Br)n2)cn1. The third-order valence-electron chi connectivity index (χ3n) is 1.92. The number of hydrogen-bond donors (Lipinski definition) is 0. The van der Waals surface area contributed by atoms with E-state index in [9.17, 15) is 8.78 Å². The largest absolute Gasteiger partial charge is 0.471 e. The van der Waals surface area contributed by atoms with E-state index in [1.807, 2.05) is 0 Å². The number of rotatable bonds is 4. The van der Waals surface area contributed by atoms with Gasteiger partial charge < -0.3 is 4.74 Å². The van der Waals surface area contributed by atoms with Gasteiger partial charge in [0.25, 0.3) is 5.92 Å². The van der Waals surface area contributed by atoms with Crippen LogP contribution in [0.1, 0.15) is 6.92 Å². The molecule has 0 aliphatic rings. The van der Waals surface area contributed by atoms with Gasteiger partial charge in [-0.1, -0.05) is 0 Å². The Bertz CT molecular complexity index is 523.